The van der Waals surface area contributed by atoms with E-state index in [9.17, 15) is 9.59 Å². The molecule has 8 nitrogen and oxygen atoms in total. The molecule has 0 saturated heterocycles. The molecular weight excluding hydrogens is 456 g/mol. The van der Waals surface area contributed by atoms with Crippen LogP contribution in [-0.2, 0) is 6.54 Å². The molecule has 0 radical (unpaired) electrons. The molecule has 1 fully saturated rings. The molecule has 2 aromatic carbocycles. The van der Waals surface area contributed by atoms with E-state index >= 15 is 0 Å². The fourth-order valence-corrected chi connectivity index (χ4v) is 5.20. The van der Waals surface area contributed by atoms with Crippen LogP contribution in [0.15, 0.2) is 41.2 Å². The lowest BCUT2D eigenvalue weighted by molar-refractivity contribution is 0.217. The number of rotatable bonds is 9. The Hall–Kier alpha value is -3.42. The van der Waals surface area contributed by atoms with Crippen LogP contribution in [0.2, 0.25) is 0 Å². The molecule has 1 saturated carbocycles. The third kappa shape index (κ3) is 5.22. The third-order valence-corrected chi connectivity index (χ3v) is 7.10. The van der Waals surface area contributed by atoms with Crippen LogP contribution in [0.3, 0.4) is 0 Å². The van der Waals surface area contributed by atoms with Crippen LogP contribution in [-0.4, -0.2) is 46.9 Å². The highest BCUT2D eigenvalue weighted by molar-refractivity contribution is 5.89. The van der Waals surface area contributed by atoms with Crippen molar-refractivity contribution in [2.75, 3.05) is 32.1 Å². The first kappa shape index (κ1) is 25.7. The molecule has 0 spiro atoms. The molecule has 0 unspecified atom stereocenters. The maximum Gasteiger partial charge on any atom is 0.329 e. The number of hydrogen-bond donors (Lipinski definition) is 1. The number of carbonyl (C=O) groups excluding carboxylic acids is 1. The summed E-state index contributed by atoms with van der Waals surface area (Å²) in [7, 11) is 1.61. The molecule has 1 N–H and O–H groups in total. The van der Waals surface area contributed by atoms with E-state index in [1.165, 1.54) is 6.42 Å². The number of ether oxygens (including phenoxy) is 2. The van der Waals surface area contributed by atoms with Crippen LogP contribution in [0.5, 0.6) is 11.5 Å². The molecule has 0 aliphatic heterocycles. The van der Waals surface area contributed by atoms with Gasteiger partial charge in [0.05, 0.1) is 31.3 Å². The van der Waals surface area contributed by atoms with Gasteiger partial charge in [-0.2, -0.15) is 0 Å². The van der Waals surface area contributed by atoms with Crippen LogP contribution in [0.1, 0.15) is 64.5 Å². The highest BCUT2D eigenvalue weighted by Crippen LogP contribution is 2.32. The fourth-order valence-electron chi connectivity index (χ4n) is 5.20. The van der Waals surface area contributed by atoms with Crippen molar-refractivity contribution >= 4 is 22.8 Å². The average Bonchev–Trinajstić information content (AvgIpc) is 3.16. The minimum absolute atomic E-state index is 0.00786. The summed E-state index contributed by atoms with van der Waals surface area (Å²) >= 11 is 0. The molecule has 0 bridgehead atoms. The molecule has 8 heteroatoms. The van der Waals surface area contributed by atoms with Crippen LogP contribution in [0.25, 0.3) is 11.0 Å². The Morgan fingerprint density at radius 1 is 1.03 bits per heavy atom. The molecule has 3 aromatic rings. The second-order valence-electron chi connectivity index (χ2n) is 9.24. The first-order chi connectivity index (χ1) is 17.5. The summed E-state index contributed by atoms with van der Waals surface area (Å²) in [6.07, 6.45) is 5.54. The Kier molecular flexibility index (Phi) is 8.23. The zero-order valence-electron chi connectivity index (χ0n) is 21.9. The summed E-state index contributed by atoms with van der Waals surface area (Å²) in [4.78, 5) is 28.0. The number of benzene rings is 2. The number of aromatic nitrogens is 2. The number of imidazole rings is 1. The normalized spacial score (nSPS) is 14.1. The second-order valence-corrected chi connectivity index (χ2v) is 9.24. The van der Waals surface area contributed by atoms with Gasteiger partial charge in [-0.3, -0.25) is 9.13 Å². The SMILES string of the molecule is CCOc1ccc2c(c1)n(C1CCCCC1)c(=O)n2Cc1ccc(NC(=O)N(CC)CC)cc1OC. The number of urea groups is 1. The molecule has 1 aliphatic carbocycles. The van der Waals surface area contributed by atoms with Gasteiger partial charge in [0.1, 0.15) is 11.5 Å². The number of hydrogen-bond acceptors (Lipinski definition) is 4. The van der Waals surface area contributed by atoms with Crippen molar-refractivity contribution in [2.45, 2.75) is 65.5 Å². The molecule has 36 heavy (non-hydrogen) atoms. The lowest BCUT2D eigenvalue weighted by Crippen LogP contribution is -2.34. The monoisotopic (exact) mass is 494 g/mol. The molecule has 1 aliphatic rings. The average molecular weight is 495 g/mol. The van der Waals surface area contributed by atoms with Crippen molar-refractivity contribution in [1.82, 2.24) is 14.0 Å². The largest absolute Gasteiger partial charge is 0.496 e. The fraction of sp³-hybridized carbons (Fsp3) is 0.500. The molecule has 2 amide bonds. The first-order valence-electron chi connectivity index (χ1n) is 13.1. The van der Waals surface area contributed by atoms with Gasteiger partial charge in [-0.15, -0.1) is 0 Å². The minimum atomic E-state index is -0.147. The summed E-state index contributed by atoms with van der Waals surface area (Å²) in [6.45, 7) is 8.08. The molecule has 194 valence electrons. The quantitative estimate of drug-likeness (QED) is 0.418. The van der Waals surface area contributed by atoms with Crippen molar-refractivity contribution in [3.8, 4) is 11.5 Å². The molecule has 1 heterocycles. The number of carbonyl (C=O) groups is 1. The van der Waals surface area contributed by atoms with Crippen molar-refractivity contribution in [1.29, 1.82) is 0 Å². The van der Waals surface area contributed by atoms with E-state index in [1.807, 2.05) is 66.3 Å². The Bertz CT molecular complexity index is 1250. The van der Waals surface area contributed by atoms with Crippen molar-refractivity contribution < 1.29 is 14.3 Å². The first-order valence-corrected chi connectivity index (χ1v) is 13.1. The van der Waals surface area contributed by atoms with E-state index in [1.54, 1.807) is 12.0 Å². The molecule has 1 aromatic heterocycles. The van der Waals surface area contributed by atoms with Gasteiger partial charge in [0.15, 0.2) is 0 Å². The molecular formula is C28H38N4O4. The maximum atomic E-state index is 13.8. The van der Waals surface area contributed by atoms with Crippen LogP contribution in [0.4, 0.5) is 10.5 Å². The number of fused-ring (bicyclic) bond motifs is 1. The van der Waals surface area contributed by atoms with Crippen LogP contribution < -0.4 is 20.5 Å². The van der Waals surface area contributed by atoms with E-state index in [0.29, 0.717) is 37.7 Å². The summed E-state index contributed by atoms with van der Waals surface area (Å²) in [5, 5.41) is 2.94. The van der Waals surface area contributed by atoms with Gasteiger partial charge in [0.2, 0.25) is 0 Å². The van der Waals surface area contributed by atoms with Crippen LogP contribution in [0, 0.1) is 0 Å². The summed E-state index contributed by atoms with van der Waals surface area (Å²) in [5.41, 5.74) is 3.32. The van der Waals surface area contributed by atoms with E-state index in [2.05, 4.69) is 5.32 Å². The summed E-state index contributed by atoms with van der Waals surface area (Å²) < 4.78 is 15.2. The number of nitrogens with one attached hydrogen (secondary N) is 1. The summed E-state index contributed by atoms with van der Waals surface area (Å²) in [5.74, 6) is 1.40. The second kappa shape index (κ2) is 11.5. The van der Waals surface area contributed by atoms with Gasteiger partial charge in [-0.05, 0) is 51.8 Å². The van der Waals surface area contributed by atoms with Gasteiger partial charge in [-0.1, -0.05) is 25.3 Å². The standard InChI is InChI=1S/C28H38N4O4/c1-5-30(6-2)27(33)29-21-14-13-20(26(17-21)35-4)19-31-24-16-15-23(36-7-3)18-25(24)32(28(31)34)22-11-9-8-10-12-22/h13-18,22H,5-12,19H2,1-4H3,(H,29,33). The van der Waals surface area contributed by atoms with Gasteiger partial charge < -0.3 is 19.7 Å². The zero-order valence-corrected chi connectivity index (χ0v) is 21.9. The molecule has 0 atom stereocenters. The van der Waals surface area contributed by atoms with Crippen molar-refractivity contribution in [3.63, 3.8) is 0 Å². The Balaban J connectivity index is 1.71. The van der Waals surface area contributed by atoms with E-state index in [4.69, 9.17) is 9.47 Å². The van der Waals surface area contributed by atoms with Gasteiger partial charge in [0, 0.05) is 42.5 Å². The minimum Gasteiger partial charge on any atom is -0.496 e. The van der Waals surface area contributed by atoms with Gasteiger partial charge in [0.25, 0.3) is 0 Å². The number of nitrogens with zero attached hydrogens (tertiary/aromatic N) is 3. The third-order valence-electron chi connectivity index (χ3n) is 7.10. The number of methoxy groups -OCH3 is 1. The Morgan fingerprint density at radius 3 is 2.44 bits per heavy atom. The lowest BCUT2D eigenvalue weighted by atomic mass is 9.95. The van der Waals surface area contributed by atoms with E-state index in [-0.39, 0.29) is 17.8 Å². The zero-order chi connectivity index (χ0) is 25.7. The predicted molar refractivity (Wildman–Crippen MR) is 144 cm³/mol. The van der Waals surface area contributed by atoms with Crippen LogP contribution >= 0.6 is 0 Å². The summed E-state index contributed by atoms with van der Waals surface area (Å²) in [6, 6.07) is 11.5. The molecule has 4 rings (SSSR count). The Morgan fingerprint density at radius 2 is 1.78 bits per heavy atom. The van der Waals surface area contributed by atoms with E-state index in [0.717, 1.165) is 48.0 Å². The highest BCUT2D eigenvalue weighted by atomic mass is 16.5. The van der Waals surface area contributed by atoms with Crippen molar-refractivity contribution in [3.05, 3.63) is 52.4 Å². The maximum absolute atomic E-state index is 13.8. The van der Waals surface area contributed by atoms with Gasteiger partial charge >= 0.3 is 11.7 Å². The number of amides is 2. The highest BCUT2D eigenvalue weighted by Gasteiger charge is 2.23. The van der Waals surface area contributed by atoms with E-state index < -0.39 is 0 Å². The lowest BCUT2D eigenvalue weighted by Gasteiger charge is -2.23. The Labute approximate surface area is 212 Å². The number of anilines is 1. The van der Waals surface area contributed by atoms with Crippen molar-refractivity contribution in [2.24, 2.45) is 0 Å². The predicted octanol–water partition coefficient (Wildman–Crippen LogP) is 5.64. The topological polar surface area (TPSA) is 77.7 Å². The smallest absolute Gasteiger partial charge is 0.329 e. The van der Waals surface area contributed by atoms with Gasteiger partial charge in [-0.25, -0.2) is 9.59 Å².